The SMILES string of the molecule is COc1ccc(C(OC[C@H]2O[C@@H](n3ccc(=O)[nH]c3=O)[C@H](Oc3ccccc3)[C@@H]2O)(c2ccccc2)c2ccc(OC)cc2)cc1. The monoisotopic (exact) mass is 622 g/mol. The Balaban J connectivity index is 1.41. The number of nitrogens with one attached hydrogen (secondary N) is 1. The van der Waals surface area contributed by atoms with E-state index < -0.39 is 41.4 Å². The van der Waals surface area contributed by atoms with E-state index in [9.17, 15) is 14.7 Å². The van der Waals surface area contributed by atoms with Crippen molar-refractivity contribution in [2.75, 3.05) is 20.8 Å². The van der Waals surface area contributed by atoms with Gasteiger partial charge in [-0.05, 0) is 53.1 Å². The van der Waals surface area contributed by atoms with Crippen LogP contribution in [0, 0.1) is 0 Å². The van der Waals surface area contributed by atoms with Crippen LogP contribution in [0.1, 0.15) is 22.9 Å². The molecule has 5 aromatic rings. The Hall–Kier alpha value is -5.16. The predicted octanol–water partition coefficient (Wildman–Crippen LogP) is 4.27. The highest BCUT2D eigenvalue weighted by Crippen LogP contribution is 2.43. The van der Waals surface area contributed by atoms with Gasteiger partial charge in [-0.1, -0.05) is 72.8 Å². The largest absolute Gasteiger partial charge is 0.497 e. The Labute approximate surface area is 265 Å². The summed E-state index contributed by atoms with van der Waals surface area (Å²) in [5.41, 5.74) is 0.0504. The van der Waals surface area contributed by atoms with Crippen molar-refractivity contribution >= 4 is 0 Å². The molecule has 1 fully saturated rings. The molecular weight excluding hydrogens is 588 g/mol. The van der Waals surface area contributed by atoms with E-state index in [2.05, 4.69) is 4.98 Å². The summed E-state index contributed by atoms with van der Waals surface area (Å²) in [4.78, 5) is 26.9. The lowest BCUT2D eigenvalue weighted by Gasteiger charge is -2.37. The summed E-state index contributed by atoms with van der Waals surface area (Å²) in [6, 6.07) is 35.1. The van der Waals surface area contributed by atoms with Crippen molar-refractivity contribution in [2.24, 2.45) is 0 Å². The van der Waals surface area contributed by atoms with E-state index in [1.54, 1.807) is 38.5 Å². The number of hydrogen-bond donors (Lipinski definition) is 2. The van der Waals surface area contributed by atoms with Crippen LogP contribution in [0.5, 0.6) is 17.2 Å². The second-order valence-corrected chi connectivity index (χ2v) is 10.8. The maximum atomic E-state index is 12.9. The fraction of sp³-hybridized carbons (Fsp3) is 0.222. The van der Waals surface area contributed by atoms with Crippen LogP contribution in [0.4, 0.5) is 0 Å². The van der Waals surface area contributed by atoms with Crippen LogP contribution in [-0.2, 0) is 15.1 Å². The Bertz CT molecular complexity index is 1790. The summed E-state index contributed by atoms with van der Waals surface area (Å²) in [7, 11) is 3.21. The third kappa shape index (κ3) is 6.05. The van der Waals surface area contributed by atoms with Crippen LogP contribution < -0.4 is 25.5 Å². The molecule has 10 heteroatoms. The van der Waals surface area contributed by atoms with E-state index in [1.807, 2.05) is 84.9 Å². The average molecular weight is 623 g/mol. The number of aliphatic hydroxyl groups is 1. The molecule has 2 N–H and O–H groups in total. The molecule has 1 saturated heterocycles. The molecule has 1 aromatic heterocycles. The minimum absolute atomic E-state index is 0.0998. The first-order chi connectivity index (χ1) is 22.4. The molecule has 1 aliphatic heterocycles. The quantitative estimate of drug-likeness (QED) is 0.210. The van der Waals surface area contributed by atoms with Crippen molar-refractivity contribution < 1.29 is 28.8 Å². The zero-order valence-corrected chi connectivity index (χ0v) is 25.3. The number of aliphatic hydroxyl groups excluding tert-OH is 1. The van der Waals surface area contributed by atoms with Crippen LogP contribution in [0.2, 0.25) is 0 Å². The second kappa shape index (κ2) is 13.5. The normalized spacial score (nSPS) is 19.5. The Morgan fingerprint density at radius 3 is 1.83 bits per heavy atom. The van der Waals surface area contributed by atoms with Gasteiger partial charge in [-0.25, -0.2) is 4.79 Å². The highest BCUT2D eigenvalue weighted by molar-refractivity contribution is 5.49. The number of nitrogens with zero attached hydrogens (tertiary/aromatic N) is 1. The van der Waals surface area contributed by atoms with Crippen LogP contribution >= 0.6 is 0 Å². The fourth-order valence-electron chi connectivity index (χ4n) is 5.77. The first-order valence-electron chi connectivity index (χ1n) is 14.8. The van der Waals surface area contributed by atoms with Gasteiger partial charge in [0.25, 0.3) is 5.56 Å². The average Bonchev–Trinajstić information content (AvgIpc) is 3.40. The fourth-order valence-corrected chi connectivity index (χ4v) is 5.77. The molecule has 0 bridgehead atoms. The first-order valence-corrected chi connectivity index (χ1v) is 14.8. The van der Waals surface area contributed by atoms with Gasteiger partial charge in [0.05, 0.1) is 20.8 Å². The number of benzene rings is 4. The standard InChI is InChI=1S/C36H34N2O8/c1-42-27-17-13-25(14-18-27)36(24-9-5-3-6-10-24,26-15-19-28(43-2)20-16-26)44-23-30-32(40)33(45-29-11-7-4-8-12-29)34(46-30)38-22-21-31(39)37-35(38)41/h3-22,30,32-34,40H,23H2,1-2H3,(H,37,39,41)/t30-,32-,33-,34-/m1/s1. The van der Waals surface area contributed by atoms with Gasteiger partial charge in [0.2, 0.25) is 0 Å². The van der Waals surface area contributed by atoms with Crippen molar-refractivity contribution in [3.8, 4) is 17.2 Å². The predicted molar refractivity (Wildman–Crippen MR) is 170 cm³/mol. The molecule has 0 unspecified atom stereocenters. The molecule has 0 radical (unpaired) electrons. The lowest BCUT2D eigenvalue weighted by molar-refractivity contribution is -0.0955. The second-order valence-electron chi connectivity index (χ2n) is 10.8. The third-order valence-electron chi connectivity index (χ3n) is 8.09. The maximum absolute atomic E-state index is 12.9. The molecule has 4 aromatic carbocycles. The summed E-state index contributed by atoms with van der Waals surface area (Å²) in [6.45, 7) is -0.0998. The number of para-hydroxylation sites is 1. The molecule has 0 amide bonds. The molecule has 0 spiro atoms. The molecule has 0 saturated carbocycles. The maximum Gasteiger partial charge on any atom is 0.330 e. The van der Waals surface area contributed by atoms with Crippen LogP contribution in [0.15, 0.2) is 131 Å². The van der Waals surface area contributed by atoms with Crippen molar-refractivity contribution in [3.05, 3.63) is 159 Å². The van der Waals surface area contributed by atoms with Gasteiger partial charge in [0.15, 0.2) is 12.3 Å². The molecule has 10 nitrogen and oxygen atoms in total. The highest BCUT2D eigenvalue weighted by Gasteiger charge is 2.49. The zero-order chi connectivity index (χ0) is 32.1. The summed E-state index contributed by atoms with van der Waals surface area (Å²) >= 11 is 0. The summed E-state index contributed by atoms with van der Waals surface area (Å²) in [6.07, 6.45) is -2.90. The molecular formula is C36H34N2O8. The van der Waals surface area contributed by atoms with Gasteiger partial charge < -0.3 is 28.8 Å². The Morgan fingerprint density at radius 1 is 0.739 bits per heavy atom. The lowest BCUT2D eigenvalue weighted by Crippen LogP contribution is -2.42. The zero-order valence-electron chi connectivity index (χ0n) is 25.3. The minimum Gasteiger partial charge on any atom is -0.497 e. The molecule has 2 heterocycles. The van der Waals surface area contributed by atoms with Gasteiger partial charge >= 0.3 is 5.69 Å². The highest BCUT2D eigenvalue weighted by atomic mass is 16.6. The molecule has 6 rings (SSSR count). The molecule has 4 atom stereocenters. The van der Waals surface area contributed by atoms with Gasteiger partial charge in [-0.2, -0.15) is 0 Å². The summed E-state index contributed by atoms with van der Waals surface area (Å²) in [5, 5.41) is 11.7. The van der Waals surface area contributed by atoms with Crippen LogP contribution in [0.25, 0.3) is 0 Å². The number of aromatic amines is 1. The van der Waals surface area contributed by atoms with Crippen molar-refractivity contribution in [2.45, 2.75) is 30.1 Å². The number of H-pyrrole nitrogens is 1. The van der Waals surface area contributed by atoms with E-state index in [0.29, 0.717) is 17.2 Å². The molecule has 1 aliphatic rings. The molecule has 236 valence electrons. The van der Waals surface area contributed by atoms with E-state index in [1.165, 1.54) is 16.8 Å². The van der Waals surface area contributed by atoms with Crippen molar-refractivity contribution in [1.82, 2.24) is 9.55 Å². The Kier molecular flexibility index (Phi) is 9.02. The van der Waals surface area contributed by atoms with E-state index in [4.69, 9.17) is 23.7 Å². The van der Waals surface area contributed by atoms with Crippen molar-refractivity contribution in [1.29, 1.82) is 0 Å². The summed E-state index contributed by atoms with van der Waals surface area (Å²) < 4.78 is 31.6. The van der Waals surface area contributed by atoms with E-state index in [-0.39, 0.29) is 6.61 Å². The van der Waals surface area contributed by atoms with Crippen molar-refractivity contribution in [3.63, 3.8) is 0 Å². The first kappa shape index (κ1) is 30.8. The van der Waals surface area contributed by atoms with Crippen LogP contribution in [-0.4, -0.2) is 53.8 Å². The number of hydrogen-bond acceptors (Lipinski definition) is 8. The smallest absolute Gasteiger partial charge is 0.330 e. The topological polar surface area (TPSA) is 121 Å². The third-order valence-corrected chi connectivity index (χ3v) is 8.09. The number of ether oxygens (including phenoxy) is 5. The van der Waals surface area contributed by atoms with Gasteiger partial charge in [0, 0.05) is 12.3 Å². The Morgan fingerprint density at radius 2 is 1.28 bits per heavy atom. The van der Waals surface area contributed by atoms with E-state index in [0.717, 1.165) is 16.7 Å². The number of aromatic nitrogens is 2. The van der Waals surface area contributed by atoms with Gasteiger partial charge in [-0.3, -0.25) is 14.3 Å². The summed E-state index contributed by atoms with van der Waals surface area (Å²) in [5.74, 6) is 1.85. The van der Waals surface area contributed by atoms with Gasteiger partial charge in [-0.15, -0.1) is 0 Å². The van der Waals surface area contributed by atoms with E-state index >= 15 is 0 Å². The lowest BCUT2D eigenvalue weighted by atomic mass is 9.80. The van der Waals surface area contributed by atoms with Gasteiger partial charge in [0.1, 0.15) is 35.1 Å². The minimum atomic E-state index is -1.22. The number of methoxy groups -OCH3 is 2. The number of rotatable bonds is 11. The molecule has 0 aliphatic carbocycles. The molecule has 46 heavy (non-hydrogen) atoms. The van der Waals surface area contributed by atoms with Crippen LogP contribution in [0.3, 0.4) is 0 Å².